The van der Waals surface area contributed by atoms with Crippen molar-refractivity contribution in [3.05, 3.63) is 30.1 Å². The van der Waals surface area contributed by atoms with Crippen LogP contribution >= 0.6 is 0 Å². The summed E-state index contributed by atoms with van der Waals surface area (Å²) in [7, 11) is 0. The largest absolute Gasteiger partial charge is 0.367 e. The lowest BCUT2D eigenvalue weighted by molar-refractivity contribution is 0.295. The summed E-state index contributed by atoms with van der Waals surface area (Å²) >= 11 is 0. The molecule has 1 aliphatic rings. The Bertz CT molecular complexity index is 779. The molecule has 0 saturated heterocycles. The van der Waals surface area contributed by atoms with Gasteiger partial charge in [0.15, 0.2) is 0 Å². The van der Waals surface area contributed by atoms with Gasteiger partial charge < -0.3 is 10.6 Å². The van der Waals surface area contributed by atoms with Gasteiger partial charge in [-0.2, -0.15) is 4.98 Å². The van der Waals surface area contributed by atoms with Crippen molar-refractivity contribution in [3.8, 4) is 11.3 Å². The molecule has 1 fully saturated rings. The molecular formula is C25H40N6. The number of hydrogen-bond acceptors (Lipinski definition) is 6. The van der Waals surface area contributed by atoms with Crippen molar-refractivity contribution in [1.29, 1.82) is 0 Å². The molecule has 0 bridgehead atoms. The van der Waals surface area contributed by atoms with Crippen molar-refractivity contribution in [1.82, 2.24) is 19.9 Å². The number of nitrogens with one attached hydrogen (secondary N) is 2. The Balaban J connectivity index is 1.80. The van der Waals surface area contributed by atoms with Gasteiger partial charge in [-0.05, 0) is 62.7 Å². The second-order valence-electron chi connectivity index (χ2n) is 8.85. The molecule has 170 valence electrons. The molecule has 31 heavy (non-hydrogen) atoms. The van der Waals surface area contributed by atoms with Gasteiger partial charge in [-0.25, -0.2) is 4.98 Å². The van der Waals surface area contributed by atoms with Crippen molar-refractivity contribution >= 4 is 11.8 Å². The summed E-state index contributed by atoms with van der Waals surface area (Å²) in [6.45, 7) is 12.9. The van der Waals surface area contributed by atoms with E-state index in [0.29, 0.717) is 12.0 Å². The smallest absolute Gasteiger partial charge is 0.224 e. The Kier molecular flexibility index (Phi) is 9.07. The average Bonchev–Trinajstić information content (AvgIpc) is 2.80. The lowest BCUT2D eigenvalue weighted by Crippen LogP contribution is -2.26. The second-order valence-corrected chi connectivity index (χ2v) is 8.85. The highest BCUT2D eigenvalue weighted by atomic mass is 15.1. The normalized spacial score (nSPS) is 18.9. The first-order valence-electron chi connectivity index (χ1n) is 12.2. The van der Waals surface area contributed by atoms with E-state index in [1.165, 1.54) is 31.2 Å². The van der Waals surface area contributed by atoms with Crippen LogP contribution < -0.4 is 10.6 Å². The number of pyridine rings is 1. The maximum atomic E-state index is 4.85. The summed E-state index contributed by atoms with van der Waals surface area (Å²) < 4.78 is 0. The van der Waals surface area contributed by atoms with Crippen LogP contribution in [-0.2, 0) is 6.54 Å². The van der Waals surface area contributed by atoms with Crippen LogP contribution in [0.15, 0.2) is 24.5 Å². The highest BCUT2D eigenvalue weighted by molar-refractivity contribution is 5.72. The number of rotatable bonds is 11. The first-order valence-corrected chi connectivity index (χ1v) is 12.2. The number of unbranched alkanes of at least 4 members (excludes halogenated alkanes) is 1. The van der Waals surface area contributed by atoms with E-state index in [2.05, 4.69) is 60.3 Å². The molecule has 2 aromatic heterocycles. The first kappa shape index (κ1) is 23.5. The van der Waals surface area contributed by atoms with Crippen molar-refractivity contribution in [2.45, 2.75) is 78.8 Å². The third-order valence-electron chi connectivity index (χ3n) is 6.36. The molecule has 0 aromatic carbocycles. The van der Waals surface area contributed by atoms with Gasteiger partial charge in [0.05, 0.1) is 11.3 Å². The number of aromatic nitrogens is 3. The third-order valence-corrected chi connectivity index (χ3v) is 6.36. The Morgan fingerprint density at radius 1 is 1.00 bits per heavy atom. The van der Waals surface area contributed by atoms with E-state index < -0.39 is 0 Å². The van der Waals surface area contributed by atoms with Gasteiger partial charge in [0.1, 0.15) is 5.82 Å². The van der Waals surface area contributed by atoms with Crippen LogP contribution in [0.4, 0.5) is 11.8 Å². The number of anilines is 2. The highest BCUT2D eigenvalue weighted by Gasteiger charge is 2.20. The van der Waals surface area contributed by atoms with Gasteiger partial charge in [-0.3, -0.25) is 9.88 Å². The van der Waals surface area contributed by atoms with Crippen molar-refractivity contribution in [2.24, 2.45) is 5.92 Å². The summed E-state index contributed by atoms with van der Waals surface area (Å²) in [6, 6.07) is 4.76. The summed E-state index contributed by atoms with van der Waals surface area (Å²) in [4.78, 5) is 16.6. The van der Waals surface area contributed by atoms with E-state index >= 15 is 0 Å². The Labute approximate surface area is 188 Å². The molecule has 6 nitrogen and oxygen atoms in total. The minimum absolute atomic E-state index is 0.468. The highest BCUT2D eigenvalue weighted by Crippen LogP contribution is 2.30. The number of hydrogen-bond donors (Lipinski definition) is 2. The Morgan fingerprint density at radius 2 is 1.77 bits per heavy atom. The van der Waals surface area contributed by atoms with Crippen LogP contribution in [0, 0.1) is 5.92 Å². The Hall–Kier alpha value is -2.21. The first-order chi connectivity index (χ1) is 15.1. The van der Waals surface area contributed by atoms with E-state index in [1.807, 2.05) is 12.4 Å². The van der Waals surface area contributed by atoms with E-state index in [0.717, 1.165) is 62.0 Å². The van der Waals surface area contributed by atoms with Gasteiger partial charge >= 0.3 is 0 Å². The van der Waals surface area contributed by atoms with E-state index in [9.17, 15) is 0 Å². The predicted octanol–water partition coefficient (Wildman–Crippen LogP) is 5.58. The van der Waals surface area contributed by atoms with E-state index in [-0.39, 0.29) is 0 Å². The fourth-order valence-corrected chi connectivity index (χ4v) is 4.12. The summed E-state index contributed by atoms with van der Waals surface area (Å²) in [5, 5.41) is 7.09. The lowest BCUT2D eigenvalue weighted by Gasteiger charge is -2.28. The second kappa shape index (κ2) is 12.0. The van der Waals surface area contributed by atoms with Crippen LogP contribution in [0.5, 0.6) is 0 Å². The average molecular weight is 425 g/mol. The Morgan fingerprint density at radius 3 is 2.42 bits per heavy atom. The molecule has 2 N–H and O–H groups in total. The molecular weight excluding hydrogens is 384 g/mol. The summed E-state index contributed by atoms with van der Waals surface area (Å²) in [6.07, 6.45) is 11.1. The molecule has 1 saturated carbocycles. The van der Waals surface area contributed by atoms with Gasteiger partial charge in [0.2, 0.25) is 5.95 Å². The monoisotopic (exact) mass is 424 g/mol. The van der Waals surface area contributed by atoms with Gasteiger partial charge in [-0.15, -0.1) is 0 Å². The molecule has 3 rings (SSSR count). The molecule has 1 aliphatic carbocycles. The minimum atomic E-state index is 0.468. The van der Waals surface area contributed by atoms with Crippen molar-refractivity contribution < 1.29 is 0 Å². The zero-order valence-corrected chi connectivity index (χ0v) is 19.8. The third kappa shape index (κ3) is 6.89. The van der Waals surface area contributed by atoms with Gasteiger partial charge in [0, 0.05) is 31.5 Å². The zero-order valence-electron chi connectivity index (χ0n) is 19.8. The van der Waals surface area contributed by atoms with Gasteiger partial charge in [0.25, 0.3) is 0 Å². The van der Waals surface area contributed by atoms with E-state index in [1.54, 1.807) is 0 Å². The number of nitrogens with zero attached hydrogens (tertiary/aromatic N) is 4. The lowest BCUT2D eigenvalue weighted by atomic mass is 9.87. The zero-order chi connectivity index (χ0) is 22.1. The molecule has 2 heterocycles. The maximum absolute atomic E-state index is 4.85. The van der Waals surface area contributed by atoms with Crippen LogP contribution in [0.25, 0.3) is 11.3 Å². The molecule has 0 radical (unpaired) electrons. The standard InChI is InChI=1S/C25H40N6/c1-5-8-15-26-25-28-17-22(24(30-25)29-21-12-9-19(4)10-13-21)23-14-11-20(16-27-23)18-31(6-2)7-3/h11,14,16-17,19,21H,5-10,12-13,15,18H2,1-4H3,(H2,26,28,29,30). The van der Waals surface area contributed by atoms with Crippen LogP contribution in [0.2, 0.25) is 0 Å². The predicted molar refractivity (Wildman–Crippen MR) is 130 cm³/mol. The van der Waals surface area contributed by atoms with Gasteiger partial charge in [-0.1, -0.05) is 40.2 Å². The quantitative estimate of drug-likeness (QED) is 0.459. The van der Waals surface area contributed by atoms with Crippen LogP contribution in [0.1, 0.15) is 71.8 Å². The minimum Gasteiger partial charge on any atom is -0.367 e. The summed E-state index contributed by atoms with van der Waals surface area (Å²) in [5.41, 5.74) is 3.14. The molecule has 0 unspecified atom stereocenters. The van der Waals surface area contributed by atoms with E-state index in [4.69, 9.17) is 9.97 Å². The molecule has 0 atom stereocenters. The molecule has 0 amide bonds. The van der Waals surface area contributed by atoms with Crippen LogP contribution in [-0.4, -0.2) is 45.5 Å². The molecule has 0 aliphatic heterocycles. The molecule has 2 aromatic rings. The fourth-order valence-electron chi connectivity index (χ4n) is 4.12. The van der Waals surface area contributed by atoms with Crippen molar-refractivity contribution in [2.75, 3.05) is 30.3 Å². The van der Waals surface area contributed by atoms with Crippen LogP contribution in [0.3, 0.4) is 0 Å². The molecule has 0 spiro atoms. The summed E-state index contributed by atoms with van der Waals surface area (Å²) in [5.74, 6) is 2.42. The van der Waals surface area contributed by atoms with Crippen molar-refractivity contribution in [3.63, 3.8) is 0 Å². The fraction of sp³-hybridized carbons (Fsp3) is 0.640. The SMILES string of the molecule is CCCCNc1ncc(-c2ccc(CN(CC)CC)cn2)c(NC2CCC(C)CC2)n1. The topological polar surface area (TPSA) is 66.0 Å². The maximum Gasteiger partial charge on any atom is 0.224 e. The molecule has 6 heteroatoms.